The van der Waals surface area contributed by atoms with Crippen molar-refractivity contribution in [2.75, 3.05) is 20.7 Å². The summed E-state index contributed by atoms with van der Waals surface area (Å²) >= 11 is 0. The smallest absolute Gasteiger partial charge is 0.317 e. The molecule has 0 amide bonds. The number of methoxy groups -OCH3 is 1. The fourth-order valence-corrected chi connectivity index (χ4v) is 5.92. The monoisotopic (exact) mass is 415 g/mol. The first-order valence-corrected chi connectivity index (χ1v) is 10.5. The number of Topliss-reactive ketones (excluding diaryl/α,β-unsaturated/α-hetero) is 1. The molecule has 1 saturated heterocycles. The highest BCUT2D eigenvalue weighted by Gasteiger charge is 2.73. The Morgan fingerprint density at radius 1 is 1.10 bits per heavy atom. The Morgan fingerprint density at radius 2 is 1.77 bits per heavy atom. The summed E-state index contributed by atoms with van der Waals surface area (Å²) in [6.45, 7) is 2.45. The van der Waals surface area contributed by atoms with E-state index in [2.05, 4.69) is 0 Å². The molecule has 5 heteroatoms. The number of aliphatic hydroxyl groups is 1. The van der Waals surface area contributed by atoms with Gasteiger partial charge in [0.2, 0.25) is 0 Å². The zero-order valence-electron chi connectivity index (χ0n) is 17.9. The number of carbonyl (C=O) groups excluding carboxylic acids is 2. The number of fused-ring (bicyclic) bond motifs is 1. The molecule has 31 heavy (non-hydrogen) atoms. The van der Waals surface area contributed by atoms with E-state index in [1.54, 1.807) is 0 Å². The molecule has 0 aromatic heterocycles. The fourth-order valence-electron chi connectivity index (χ4n) is 5.92. The molecule has 2 aliphatic rings. The molecule has 1 spiro atoms. The molecule has 1 aliphatic carbocycles. The highest BCUT2D eigenvalue weighted by atomic mass is 16.5. The minimum atomic E-state index is -1.48. The van der Waals surface area contributed by atoms with Gasteiger partial charge >= 0.3 is 5.97 Å². The quantitative estimate of drug-likeness (QED) is 0.660. The van der Waals surface area contributed by atoms with Crippen LogP contribution in [0, 0.1) is 12.3 Å². The van der Waals surface area contributed by atoms with E-state index in [9.17, 15) is 14.7 Å². The Kier molecular flexibility index (Phi) is 4.33. The van der Waals surface area contributed by atoms with Crippen LogP contribution in [0.1, 0.15) is 39.6 Å². The van der Waals surface area contributed by atoms with Gasteiger partial charge in [-0.05, 0) is 42.3 Å². The summed E-state index contributed by atoms with van der Waals surface area (Å²) in [6.07, 6.45) is -0.902. The second-order valence-corrected chi connectivity index (χ2v) is 8.70. The average Bonchev–Trinajstić information content (AvgIpc) is 3.24. The van der Waals surface area contributed by atoms with Gasteiger partial charge in [0.1, 0.15) is 11.0 Å². The normalized spacial score (nSPS) is 26.0. The lowest BCUT2D eigenvalue weighted by molar-refractivity contribution is -0.168. The first kappa shape index (κ1) is 19.9. The molecule has 3 aromatic carbocycles. The van der Waals surface area contributed by atoms with Gasteiger partial charge in [0.05, 0.1) is 13.2 Å². The number of benzene rings is 3. The summed E-state index contributed by atoms with van der Waals surface area (Å²) in [7, 11) is 3.18. The number of nitrogens with zero attached hydrogens (tertiary/aromatic N) is 1. The van der Waals surface area contributed by atoms with Gasteiger partial charge in [-0.3, -0.25) is 14.5 Å². The first-order chi connectivity index (χ1) is 14.9. The van der Waals surface area contributed by atoms with Crippen LogP contribution in [0.25, 0.3) is 10.8 Å². The molecule has 0 bridgehead atoms. The number of esters is 1. The number of hydrogen-bond acceptors (Lipinski definition) is 5. The van der Waals surface area contributed by atoms with E-state index in [4.69, 9.17) is 4.74 Å². The molecule has 1 heterocycles. The largest absolute Gasteiger partial charge is 0.468 e. The van der Waals surface area contributed by atoms with Crippen molar-refractivity contribution in [2.45, 2.75) is 25.0 Å². The molecule has 3 unspecified atom stereocenters. The van der Waals surface area contributed by atoms with Crippen molar-refractivity contribution in [1.82, 2.24) is 4.90 Å². The van der Waals surface area contributed by atoms with E-state index in [0.29, 0.717) is 24.1 Å². The topological polar surface area (TPSA) is 66.8 Å². The van der Waals surface area contributed by atoms with Gasteiger partial charge in [-0.1, -0.05) is 66.2 Å². The molecule has 0 saturated carbocycles. The highest BCUT2D eigenvalue weighted by molar-refractivity contribution is 6.22. The Hall–Kier alpha value is -3.02. The third-order valence-electron chi connectivity index (χ3n) is 7.34. The zero-order chi connectivity index (χ0) is 22.0. The minimum Gasteiger partial charge on any atom is -0.468 e. The number of hydrogen-bond donors (Lipinski definition) is 1. The molecule has 1 fully saturated rings. The van der Waals surface area contributed by atoms with Crippen LogP contribution < -0.4 is 0 Å². The van der Waals surface area contributed by atoms with Gasteiger partial charge in [0.15, 0.2) is 5.78 Å². The van der Waals surface area contributed by atoms with Crippen LogP contribution in [0.2, 0.25) is 0 Å². The van der Waals surface area contributed by atoms with E-state index in [1.165, 1.54) is 7.11 Å². The number of aryl methyl sites for hydroxylation is 1. The number of likely N-dealkylation sites (N-methyl/N-ethyl adjacent to an activating group) is 1. The van der Waals surface area contributed by atoms with Crippen molar-refractivity contribution in [2.24, 2.45) is 5.41 Å². The van der Waals surface area contributed by atoms with E-state index in [1.807, 2.05) is 79.5 Å². The standard InChI is InChI=1S/C26H25NO4/c1-16-10-12-18(13-11-16)22(28)25(24(30)31-3)14-15-27(2)26(25)20-9-5-7-17-6-4-8-19(21(17)20)23(26)29/h4-13,22,28H,14-15H2,1-3H3. The maximum Gasteiger partial charge on any atom is 0.317 e. The maximum absolute atomic E-state index is 14.2. The summed E-state index contributed by atoms with van der Waals surface area (Å²) in [5.74, 6) is -0.723. The summed E-state index contributed by atoms with van der Waals surface area (Å²) in [4.78, 5) is 29.7. The van der Waals surface area contributed by atoms with Gasteiger partial charge in [0, 0.05) is 12.1 Å². The SMILES string of the molecule is COC(=O)C1(C(O)c2ccc(C)cc2)CCN(C)C12C(=O)c1cccc3cccc2c13. The predicted octanol–water partition coefficient (Wildman–Crippen LogP) is 3.77. The number of likely N-dealkylation sites (tertiary alicyclic amines) is 1. The van der Waals surface area contributed by atoms with Crippen LogP contribution in [0.3, 0.4) is 0 Å². The predicted molar refractivity (Wildman–Crippen MR) is 118 cm³/mol. The Bertz CT molecular complexity index is 1210. The second-order valence-electron chi connectivity index (χ2n) is 8.70. The molecule has 3 atom stereocenters. The number of rotatable bonds is 3. The third-order valence-corrected chi connectivity index (χ3v) is 7.34. The van der Waals surface area contributed by atoms with Crippen LogP contribution in [-0.4, -0.2) is 42.5 Å². The lowest BCUT2D eigenvalue weighted by Crippen LogP contribution is -2.59. The summed E-state index contributed by atoms with van der Waals surface area (Å²) in [5, 5.41) is 13.6. The Morgan fingerprint density at radius 3 is 2.45 bits per heavy atom. The highest BCUT2D eigenvalue weighted by Crippen LogP contribution is 2.63. The van der Waals surface area contributed by atoms with Crippen molar-refractivity contribution in [3.63, 3.8) is 0 Å². The van der Waals surface area contributed by atoms with Crippen LogP contribution >= 0.6 is 0 Å². The molecule has 1 aliphatic heterocycles. The van der Waals surface area contributed by atoms with Crippen LogP contribution in [0.4, 0.5) is 0 Å². The Balaban J connectivity index is 1.85. The van der Waals surface area contributed by atoms with Gasteiger partial charge in [-0.25, -0.2) is 0 Å². The number of carbonyl (C=O) groups is 2. The lowest BCUT2D eigenvalue weighted by Gasteiger charge is -2.46. The molecule has 5 nitrogen and oxygen atoms in total. The van der Waals surface area contributed by atoms with E-state index >= 15 is 0 Å². The van der Waals surface area contributed by atoms with Gasteiger partial charge in [-0.15, -0.1) is 0 Å². The molecule has 158 valence electrons. The van der Waals surface area contributed by atoms with Gasteiger partial charge < -0.3 is 9.84 Å². The van der Waals surface area contributed by atoms with Crippen molar-refractivity contribution in [3.05, 3.63) is 82.9 Å². The average molecular weight is 415 g/mol. The van der Waals surface area contributed by atoms with Crippen molar-refractivity contribution in [1.29, 1.82) is 0 Å². The van der Waals surface area contributed by atoms with Gasteiger partial charge in [-0.2, -0.15) is 0 Å². The van der Waals surface area contributed by atoms with Crippen LogP contribution in [0.5, 0.6) is 0 Å². The zero-order valence-corrected chi connectivity index (χ0v) is 17.9. The van der Waals surface area contributed by atoms with E-state index < -0.39 is 23.0 Å². The van der Waals surface area contributed by atoms with E-state index in [0.717, 1.165) is 21.9 Å². The third kappa shape index (κ3) is 2.28. The molecule has 0 radical (unpaired) electrons. The molecule has 1 N–H and O–H groups in total. The number of ether oxygens (including phenoxy) is 1. The van der Waals surface area contributed by atoms with Crippen molar-refractivity contribution >= 4 is 22.5 Å². The van der Waals surface area contributed by atoms with Crippen LogP contribution in [-0.2, 0) is 15.1 Å². The van der Waals surface area contributed by atoms with Crippen molar-refractivity contribution in [3.8, 4) is 0 Å². The minimum absolute atomic E-state index is 0.157. The van der Waals surface area contributed by atoms with Crippen molar-refractivity contribution < 1.29 is 19.4 Å². The second kappa shape index (κ2) is 6.74. The fraction of sp³-hybridized carbons (Fsp3) is 0.308. The van der Waals surface area contributed by atoms with Crippen LogP contribution in [0.15, 0.2) is 60.7 Å². The summed E-state index contributed by atoms with van der Waals surface area (Å²) in [5.41, 5.74) is 0.189. The molecule has 5 rings (SSSR count). The lowest BCUT2D eigenvalue weighted by atomic mass is 9.61. The van der Waals surface area contributed by atoms with E-state index in [-0.39, 0.29) is 5.78 Å². The number of ketones is 1. The van der Waals surface area contributed by atoms with Gasteiger partial charge in [0.25, 0.3) is 0 Å². The number of aliphatic hydroxyl groups excluding tert-OH is 1. The molecular weight excluding hydrogens is 390 g/mol. The Labute approximate surface area is 181 Å². The maximum atomic E-state index is 14.2. The molecular formula is C26H25NO4. The summed E-state index contributed by atoms with van der Waals surface area (Å²) in [6, 6.07) is 18.9. The first-order valence-electron chi connectivity index (χ1n) is 10.5. The molecule has 3 aromatic rings. The summed E-state index contributed by atoms with van der Waals surface area (Å²) < 4.78 is 5.30.